The first-order chi connectivity index (χ1) is 9.81. The van der Waals surface area contributed by atoms with Crippen molar-refractivity contribution in [2.45, 2.75) is 57.2 Å². The van der Waals surface area contributed by atoms with E-state index in [1.165, 1.54) is 31.4 Å². The van der Waals surface area contributed by atoms with Crippen LogP contribution >= 0.6 is 0 Å². The zero-order valence-electron chi connectivity index (χ0n) is 12.2. The summed E-state index contributed by atoms with van der Waals surface area (Å²) in [5.41, 5.74) is 2.46. The molecule has 1 N–H and O–H groups in total. The Bertz CT molecular complexity index is 474. The Morgan fingerprint density at radius 2 is 1.85 bits per heavy atom. The Hall–Kier alpha value is -1.53. The summed E-state index contributed by atoms with van der Waals surface area (Å²) in [5.74, 6) is 0. The van der Waals surface area contributed by atoms with Gasteiger partial charge in [0.2, 0.25) is 0 Å². The average molecular weight is 269 g/mol. The summed E-state index contributed by atoms with van der Waals surface area (Å²) in [7, 11) is 0. The first-order valence-corrected chi connectivity index (χ1v) is 7.79. The molecule has 0 radical (unpaired) electrons. The van der Waals surface area contributed by atoms with Gasteiger partial charge in [0.25, 0.3) is 0 Å². The van der Waals surface area contributed by atoms with E-state index in [2.05, 4.69) is 47.5 Å². The molecular formula is C17H23N3. The van der Waals surface area contributed by atoms with Crippen LogP contribution in [0.25, 0.3) is 0 Å². The third kappa shape index (κ3) is 2.53. The van der Waals surface area contributed by atoms with Crippen LogP contribution in [0.5, 0.6) is 0 Å². The maximum atomic E-state index is 8.74. The fraction of sp³-hybridized carbons (Fsp3) is 0.588. The standard InChI is InChI=1S/C17H23N3/c1-2-19-14-11-16-7-8-17(12-14)20(16)15-5-3-13(4-6-15)9-10-18/h3-6,14,16-17,19H,2,7-9,11-12H2,1H3. The van der Waals surface area contributed by atoms with Crippen molar-refractivity contribution in [1.82, 2.24) is 5.32 Å². The Morgan fingerprint density at radius 1 is 1.20 bits per heavy atom. The van der Waals surface area contributed by atoms with Crippen LogP contribution in [0, 0.1) is 11.3 Å². The maximum Gasteiger partial charge on any atom is 0.0669 e. The van der Waals surface area contributed by atoms with Crippen molar-refractivity contribution < 1.29 is 0 Å². The van der Waals surface area contributed by atoms with Gasteiger partial charge in [-0.25, -0.2) is 0 Å². The second-order valence-corrected chi connectivity index (χ2v) is 6.02. The van der Waals surface area contributed by atoms with Crippen LogP contribution in [0.3, 0.4) is 0 Å². The van der Waals surface area contributed by atoms with E-state index in [-0.39, 0.29) is 0 Å². The molecule has 20 heavy (non-hydrogen) atoms. The number of hydrogen-bond donors (Lipinski definition) is 1. The van der Waals surface area contributed by atoms with Gasteiger partial charge in [-0.1, -0.05) is 19.1 Å². The van der Waals surface area contributed by atoms with Gasteiger partial charge in [0.05, 0.1) is 12.5 Å². The van der Waals surface area contributed by atoms with Crippen LogP contribution in [0.4, 0.5) is 5.69 Å². The monoisotopic (exact) mass is 269 g/mol. The van der Waals surface area contributed by atoms with Gasteiger partial charge in [-0.2, -0.15) is 5.26 Å². The minimum atomic E-state index is 0.510. The second-order valence-electron chi connectivity index (χ2n) is 6.02. The number of rotatable bonds is 4. The second kappa shape index (κ2) is 5.85. The third-order valence-electron chi connectivity index (χ3n) is 4.74. The molecule has 3 rings (SSSR count). The van der Waals surface area contributed by atoms with Gasteiger partial charge < -0.3 is 10.2 Å². The molecule has 2 saturated heterocycles. The molecule has 2 aliphatic heterocycles. The molecule has 106 valence electrons. The van der Waals surface area contributed by atoms with Gasteiger partial charge in [0.15, 0.2) is 0 Å². The van der Waals surface area contributed by atoms with E-state index in [4.69, 9.17) is 5.26 Å². The molecule has 2 heterocycles. The number of nitriles is 1. The molecule has 2 atom stereocenters. The molecule has 1 aromatic rings. The molecule has 0 aliphatic carbocycles. The molecule has 0 aromatic heterocycles. The number of fused-ring (bicyclic) bond motifs is 2. The molecule has 2 aliphatic rings. The van der Waals surface area contributed by atoms with E-state index < -0.39 is 0 Å². The highest BCUT2D eigenvalue weighted by molar-refractivity contribution is 5.51. The van der Waals surface area contributed by atoms with Gasteiger partial charge in [0, 0.05) is 23.8 Å². The van der Waals surface area contributed by atoms with Crippen LogP contribution in [0.15, 0.2) is 24.3 Å². The lowest BCUT2D eigenvalue weighted by atomic mass is 9.96. The van der Waals surface area contributed by atoms with Gasteiger partial charge in [-0.3, -0.25) is 0 Å². The molecule has 3 heteroatoms. The molecule has 2 unspecified atom stereocenters. The largest absolute Gasteiger partial charge is 0.365 e. The quantitative estimate of drug-likeness (QED) is 0.913. The number of anilines is 1. The summed E-state index contributed by atoms with van der Waals surface area (Å²) in [6.07, 6.45) is 5.70. The normalized spacial score (nSPS) is 28.4. The van der Waals surface area contributed by atoms with E-state index in [1.54, 1.807) is 0 Å². The average Bonchev–Trinajstić information content (AvgIpc) is 2.72. The van der Waals surface area contributed by atoms with Gasteiger partial charge in [-0.15, -0.1) is 0 Å². The highest BCUT2D eigenvalue weighted by Gasteiger charge is 2.40. The summed E-state index contributed by atoms with van der Waals surface area (Å²) in [4.78, 5) is 2.63. The fourth-order valence-corrected chi connectivity index (χ4v) is 3.93. The number of nitrogens with one attached hydrogen (secondary N) is 1. The minimum Gasteiger partial charge on any atom is -0.365 e. The van der Waals surface area contributed by atoms with Crippen molar-refractivity contribution in [2.75, 3.05) is 11.4 Å². The first-order valence-electron chi connectivity index (χ1n) is 7.79. The highest BCUT2D eigenvalue weighted by atomic mass is 15.2. The van der Waals surface area contributed by atoms with Gasteiger partial charge in [0.1, 0.15) is 0 Å². The number of nitrogens with zero attached hydrogens (tertiary/aromatic N) is 2. The Kier molecular flexibility index (Phi) is 3.93. The summed E-state index contributed by atoms with van der Waals surface area (Å²) in [6.45, 7) is 3.27. The van der Waals surface area contributed by atoms with E-state index >= 15 is 0 Å². The van der Waals surface area contributed by atoms with Crippen LogP contribution in [0.2, 0.25) is 0 Å². The molecule has 2 fully saturated rings. The minimum absolute atomic E-state index is 0.510. The SMILES string of the molecule is CCNC1CC2CCC(C1)N2c1ccc(CC#N)cc1. The zero-order valence-corrected chi connectivity index (χ0v) is 12.2. The fourth-order valence-electron chi connectivity index (χ4n) is 3.93. The maximum absolute atomic E-state index is 8.74. The lowest BCUT2D eigenvalue weighted by Crippen LogP contribution is -2.49. The number of hydrogen-bond acceptors (Lipinski definition) is 3. The Labute approximate surface area is 121 Å². The van der Waals surface area contributed by atoms with E-state index in [0.29, 0.717) is 24.5 Å². The first kappa shape index (κ1) is 13.5. The molecule has 2 bridgehead atoms. The predicted molar refractivity (Wildman–Crippen MR) is 81.7 cm³/mol. The van der Waals surface area contributed by atoms with Crippen LogP contribution in [-0.4, -0.2) is 24.7 Å². The number of piperidine rings is 1. The summed E-state index contributed by atoms with van der Waals surface area (Å²) in [5, 5.41) is 12.4. The summed E-state index contributed by atoms with van der Waals surface area (Å²) >= 11 is 0. The van der Waals surface area contributed by atoms with Gasteiger partial charge in [-0.05, 0) is 49.9 Å². The lowest BCUT2D eigenvalue weighted by molar-refractivity contribution is 0.361. The van der Waals surface area contributed by atoms with Crippen molar-refractivity contribution in [3.8, 4) is 6.07 Å². The van der Waals surface area contributed by atoms with Crippen LogP contribution < -0.4 is 10.2 Å². The highest BCUT2D eigenvalue weighted by Crippen LogP contribution is 2.39. The molecule has 0 amide bonds. The predicted octanol–water partition coefficient (Wildman–Crippen LogP) is 2.86. The van der Waals surface area contributed by atoms with Crippen molar-refractivity contribution in [3.63, 3.8) is 0 Å². The van der Waals surface area contributed by atoms with Crippen molar-refractivity contribution in [2.24, 2.45) is 0 Å². The Morgan fingerprint density at radius 3 is 2.40 bits per heavy atom. The lowest BCUT2D eigenvalue weighted by Gasteiger charge is -2.41. The van der Waals surface area contributed by atoms with E-state index in [1.807, 2.05) is 0 Å². The van der Waals surface area contributed by atoms with Crippen molar-refractivity contribution in [1.29, 1.82) is 5.26 Å². The van der Waals surface area contributed by atoms with Crippen molar-refractivity contribution in [3.05, 3.63) is 29.8 Å². The van der Waals surface area contributed by atoms with Crippen molar-refractivity contribution >= 4 is 5.69 Å². The number of benzene rings is 1. The molecular weight excluding hydrogens is 246 g/mol. The molecule has 0 spiro atoms. The zero-order chi connectivity index (χ0) is 13.9. The van der Waals surface area contributed by atoms with Crippen LogP contribution in [0.1, 0.15) is 38.2 Å². The van der Waals surface area contributed by atoms with Gasteiger partial charge >= 0.3 is 0 Å². The molecule has 0 saturated carbocycles. The van der Waals surface area contributed by atoms with E-state index in [0.717, 1.165) is 12.1 Å². The summed E-state index contributed by atoms with van der Waals surface area (Å²) < 4.78 is 0. The summed E-state index contributed by atoms with van der Waals surface area (Å²) in [6, 6.07) is 12.9. The Balaban J connectivity index is 1.73. The smallest absolute Gasteiger partial charge is 0.0669 e. The molecule has 3 nitrogen and oxygen atoms in total. The molecule has 1 aromatic carbocycles. The van der Waals surface area contributed by atoms with Crippen LogP contribution in [-0.2, 0) is 6.42 Å². The topological polar surface area (TPSA) is 39.1 Å². The third-order valence-corrected chi connectivity index (χ3v) is 4.74. The van der Waals surface area contributed by atoms with E-state index in [9.17, 15) is 0 Å².